The maximum Gasteiger partial charge on any atom is 0.0428 e. The predicted octanol–water partition coefficient (Wildman–Crippen LogP) is 3.97. The Morgan fingerprint density at radius 2 is 1.79 bits per heavy atom. The Labute approximate surface area is 87.6 Å². The summed E-state index contributed by atoms with van der Waals surface area (Å²) in [5.74, 6) is 1.13. The zero-order chi connectivity index (χ0) is 10.7. The van der Waals surface area contributed by atoms with E-state index in [1.807, 2.05) is 0 Å². The van der Waals surface area contributed by atoms with E-state index in [-0.39, 0.29) is 0 Å². The molecule has 0 aromatic rings. The minimum Gasteiger partial charge on any atom is -0.261 e. The van der Waals surface area contributed by atoms with E-state index in [0.29, 0.717) is 11.8 Å². The van der Waals surface area contributed by atoms with Crippen LogP contribution >= 0.6 is 0 Å². The molecule has 0 fully saturated rings. The van der Waals surface area contributed by atoms with Gasteiger partial charge in [-0.05, 0) is 36.8 Å². The first-order chi connectivity index (χ1) is 6.50. The zero-order valence-corrected chi connectivity index (χ0v) is 9.96. The lowest BCUT2D eigenvalue weighted by atomic mass is 9.97. The van der Waals surface area contributed by atoms with Crippen molar-refractivity contribution in [1.82, 2.24) is 0 Å². The summed E-state index contributed by atoms with van der Waals surface area (Å²) in [5.41, 5.74) is 4.07. The van der Waals surface area contributed by atoms with Crippen LogP contribution in [0.1, 0.15) is 41.0 Å². The van der Waals surface area contributed by atoms with Crippen molar-refractivity contribution in [3.05, 3.63) is 23.4 Å². The van der Waals surface area contributed by atoms with E-state index in [1.54, 1.807) is 0 Å². The number of allylic oxidation sites excluding steroid dienone is 3. The highest BCUT2D eigenvalue weighted by atomic mass is 14.7. The molecule has 78 valence electrons. The van der Waals surface area contributed by atoms with E-state index in [4.69, 9.17) is 0 Å². The second-order valence-electron chi connectivity index (χ2n) is 4.73. The summed E-state index contributed by atoms with van der Waals surface area (Å²) in [6.07, 6.45) is 5.38. The van der Waals surface area contributed by atoms with Crippen molar-refractivity contribution in [2.45, 2.75) is 41.0 Å². The molecule has 0 bridgehead atoms. The average molecular weight is 191 g/mol. The third-order valence-corrected chi connectivity index (χ3v) is 2.59. The normalized spacial score (nSPS) is 17.8. The summed E-state index contributed by atoms with van der Waals surface area (Å²) in [5, 5.41) is 0. The van der Waals surface area contributed by atoms with Crippen LogP contribution in [-0.4, -0.2) is 5.71 Å². The van der Waals surface area contributed by atoms with E-state index in [9.17, 15) is 0 Å². The van der Waals surface area contributed by atoms with Gasteiger partial charge in [-0.15, -0.1) is 0 Å². The van der Waals surface area contributed by atoms with Crippen LogP contribution in [-0.2, 0) is 0 Å². The molecule has 0 atom stereocenters. The van der Waals surface area contributed by atoms with Crippen LogP contribution < -0.4 is 0 Å². The molecule has 0 N–H and O–H groups in total. The van der Waals surface area contributed by atoms with Gasteiger partial charge in [-0.2, -0.15) is 0 Å². The summed E-state index contributed by atoms with van der Waals surface area (Å²) in [4.78, 5) is 4.55. The van der Waals surface area contributed by atoms with Crippen molar-refractivity contribution in [2.24, 2.45) is 16.8 Å². The molecule has 1 nitrogen and oxygen atoms in total. The molecule has 0 saturated carbocycles. The number of aliphatic imine (C=N–C) groups is 1. The fourth-order valence-corrected chi connectivity index (χ4v) is 1.53. The Hall–Kier alpha value is -0.850. The number of rotatable bonds is 2. The summed E-state index contributed by atoms with van der Waals surface area (Å²) in [6.45, 7) is 11.0. The van der Waals surface area contributed by atoms with Crippen LogP contribution in [0.3, 0.4) is 0 Å². The maximum absolute atomic E-state index is 4.55. The van der Waals surface area contributed by atoms with Gasteiger partial charge in [0, 0.05) is 11.9 Å². The number of hydrogen-bond donors (Lipinski definition) is 0. The summed E-state index contributed by atoms with van der Waals surface area (Å²) < 4.78 is 0. The second-order valence-corrected chi connectivity index (χ2v) is 4.73. The lowest BCUT2D eigenvalue weighted by molar-refractivity contribution is 0.736. The molecular weight excluding hydrogens is 170 g/mol. The van der Waals surface area contributed by atoms with Gasteiger partial charge >= 0.3 is 0 Å². The van der Waals surface area contributed by atoms with Gasteiger partial charge in [0.25, 0.3) is 0 Å². The van der Waals surface area contributed by atoms with Gasteiger partial charge in [-0.1, -0.05) is 33.3 Å². The minimum absolute atomic E-state index is 0.521. The maximum atomic E-state index is 4.55. The van der Waals surface area contributed by atoms with Crippen LogP contribution in [0.4, 0.5) is 0 Å². The molecular formula is C13H21N. The van der Waals surface area contributed by atoms with Crippen LogP contribution in [0.25, 0.3) is 0 Å². The fourth-order valence-electron chi connectivity index (χ4n) is 1.53. The molecule has 0 amide bonds. The van der Waals surface area contributed by atoms with Crippen LogP contribution in [0.15, 0.2) is 28.4 Å². The molecule has 14 heavy (non-hydrogen) atoms. The molecule has 0 spiro atoms. The summed E-state index contributed by atoms with van der Waals surface area (Å²) in [7, 11) is 0. The molecule has 0 aromatic carbocycles. The zero-order valence-electron chi connectivity index (χ0n) is 9.96. The Balaban J connectivity index is 2.96. The van der Waals surface area contributed by atoms with E-state index >= 15 is 0 Å². The van der Waals surface area contributed by atoms with Gasteiger partial charge in [0.1, 0.15) is 0 Å². The molecule has 0 unspecified atom stereocenters. The smallest absolute Gasteiger partial charge is 0.0428 e. The van der Waals surface area contributed by atoms with Gasteiger partial charge < -0.3 is 0 Å². The van der Waals surface area contributed by atoms with E-state index in [1.165, 1.54) is 16.9 Å². The van der Waals surface area contributed by atoms with Gasteiger partial charge in [0.15, 0.2) is 0 Å². The molecule has 1 aliphatic rings. The highest BCUT2D eigenvalue weighted by Gasteiger charge is 2.10. The third-order valence-electron chi connectivity index (χ3n) is 2.59. The molecule has 0 aromatic heterocycles. The first kappa shape index (κ1) is 11.2. The Bertz CT molecular complexity index is 290. The molecule has 1 heteroatoms. The SMILES string of the molecule is CC1=CC(C(C)C)=NC=C(C(C)C)C1. The van der Waals surface area contributed by atoms with Crippen molar-refractivity contribution in [3.63, 3.8) is 0 Å². The highest BCUT2D eigenvalue weighted by molar-refractivity contribution is 5.97. The van der Waals surface area contributed by atoms with E-state index in [0.717, 1.165) is 6.42 Å². The lowest BCUT2D eigenvalue weighted by Crippen LogP contribution is -2.03. The largest absolute Gasteiger partial charge is 0.261 e. The average Bonchev–Trinajstić information content (AvgIpc) is 2.26. The highest BCUT2D eigenvalue weighted by Crippen LogP contribution is 2.22. The van der Waals surface area contributed by atoms with E-state index < -0.39 is 0 Å². The summed E-state index contributed by atoms with van der Waals surface area (Å²) in [6, 6.07) is 0. The molecule has 1 heterocycles. The standard InChI is InChI=1S/C13H21N/c1-9(2)12-6-11(5)7-13(10(3)4)14-8-12/h7-10H,6H2,1-5H3. The van der Waals surface area contributed by atoms with Crippen LogP contribution in [0.5, 0.6) is 0 Å². The summed E-state index contributed by atoms with van der Waals surface area (Å²) >= 11 is 0. The van der Waals surface area contributed by atoms with Crippen LogP contribution in [0.2, 0.25) is 0 Å². The molecule has 1 aliphatic heterocycles. The van der Waals surface area contributed by atoms with Gasteiger partial charge in [0.2, 0.25) is 0 Å². The van der Waals surface area contributed by atoms with Gasteiger partial charge in [-0.3, -0.25) is 4.99 Å². The van der Waals surface area contributed by atoms with Crippen molar-refractivity contribution in [3.8, 4) is 0 Å². The predicted molar refractivity (Wildman–Crippen MR) is 63.6 cm³/mol. The first-order valence-electron chi connectivity index (χ1n) is 5.44. The van der Waals surface area contributed by atoms with Crippen molar-refractivity contribution >= 4 is 5.71 Å². The molecule has 0 saturated heterocycles. The minimum atomic E-state index is 0.521. The Morgan fingerprint density at radius 3 is 2.29 bits per heavy atom. The Kier molecular flexibility index (Phi) is 3.68. The third kappa shape index (κ3) is 2.83. The van der Waals surface area contributed by atoms with Gasteiger partial charge in [0.05, 0.1) is 0 Å². The Morgan fingerprint density at radius 1 is 1.14 bits per heavy atom. The lowest BCUT2D eigenvalue weighted by Gasteiger charge is -2.08. The quantitative estimate of drug-likeness (QED) is 0.626. The number of hydrogen-bond acceptors (Lipinski definition) is 1. The molecule has 0 radical (unpaired) electrons. The first-order valence-corrected chi connectivity index (χ1v) is 5.44. The van der Waals surface area contributed by atoms with Crippen molar-refractivity contribution in [1.29, 1.82) is 0 Å². The molecule has 0 aliphatic carbocycles. The second kappa shape index (κ2) is 4.59. The fraction of sp³-hybridized carbons (Fsp3) is 0.615. The van der Waals surface area contributed by atoms with Crippen LogP contribution in [0, 0.1) is 11.8 Å². The van der Waals surface area contributed by atoms with Crippen molar-refractivity contribution < 1.29 is 0 Å². The monoisotopic (exact) mass is 191 g/mol. The number of nitrogens with zero attached hydrogens (tertiary/aromatic N) is 1. The van der Waals surface area contributed by atoms with E-state index in [2.05, 4.69) is 51.9 Å². The molecule has 1 rings (SSSR count). The topological polar surface area (TPSA) is 12.4 Å². The van der Waals surface area contributed by atoms with Gasteiger partial charge in [-0.25, -0.2) is 0 Å². The van der Waals surface area contributed by atoms with Crippen molar-refractivity contribution in [2.75, 3.05) is 0 Å².